The maximum Gasteiger partial charge on any atom is 0.341 e. The first-order chi connectivity index (χ1) is 15.2. The fraction of sp³-hybridized carbons (Fsp3) is 0.318. The molecule has 3 N–H and O–H groups in total. The third-order valence-corrected chi connectivity index (χ3v) is 5.46. The number of aliphatic hydroxyl groups is 1. The van der Waals surface area contributed by atoms with Crippen LogP contribution in [0.5, 0.6) is 5.88 Å². The van der Waals surface area contributed by atoms with E-state index in [9.17, 15) is 28.6 Å². The number of carbonyl (C=O) groups is 1. The van der Waals surface area contributed by atoms with Crippen LogP contribution in [0.4, 0.5) is 14.5 Å². The van der Waals surface area contributed by atoms with Gasteiger partial charge in [0, 0.05) is 31.0 Å². The number of benzene rings is 1. The van der Waals surface area contributed by atoms with Gasteiger partial charge in [0.25, 0.3) is 0 Å². The number of aromatic carboxylic acids is 1. The highest BCUT2D eigenvalue weighted by molar-refractivity contribution is 5.93. The highest BCUT2D eigenvalue weighted by Crippen LogP contribution is 2.29. The summed E-state index contributed by atoms with van der Waals surface area (Å²) in [5, 5.41) is 21.8. The minimum Gasteiger partial charge on any atom is -0.479 e. The van der Waals surface area contributed by atoms with Gasteiger partial charge in [0.15, 0.2) is 0 Å². The molecule has 0 bridgehead atoms. The molecule has 3 aromatic rings. The Hall–Kier alpha value is -3.53. The molecule has 2 atom stereocenters. The van der Waals surface area contributed by atoms with Gasteiger partial charge >= 0.3 is 5.97 Å². The Labute approximate surface area is 182 Å². The minimum absolute atomic E-state index is 0.0146. The predicted octanol–water partition coefficient (Wildman–Crippen LogP) is 3.18. The lowest BCUT2D eigenvalue weighted by Crippen LogP contribution is -2.25. The number of hydrogen-bond acceptors (Lipinski definition) is 6. The van der Waals surface area contributed by atoms with Crippen LogP contribution in [0.15, 0.2) is 35.3 Å². The van der Waals surface area contributed by atoms with Gasteiger partial charge in [-0.15, -0.1) is 0 Å². The number of halogens is 2. The van der Waals surface area contributed by atoms with Crippen LogP contribution in [0.25, 0.3) is 11.0 Å². The third-order valence-electron chi connectivity index (χ3n) is 5.46. The van der Waals surface area contributed by atoms with Crippen molar-refractivity contribution in [2.75, 3.05) is 19.0 Å². The van der Waals surface area contributed by atoms with Crippen molar-refractivity contribution in [1.82, 2.24) is 9.55 Å². The molecule has 0 spiro atoms. The number of aromatic nitrogens is 2. The summed E-state index contributed by atoms with van der Waals surface area (Å²) in [6.45, 7) is 3.11. The number of anilines is 1. The molecule has 0 amide bonds. The molecule has 2 heterocycles. The zero-order valence-corrected chi connectivity index (χ0v) is 17.7. The Kier molecular flexibility index (Phi) is 6.73. The summed E-state index contributed by atoms with van der Waals surface area (Å²) in [6.07, 6.45) is 1.19. The van der Waals surface area contributed by atoms with E-state index in [2.05, 4.69) is 10.3 Å². The summed E-state index contributed by atoms with van der Waals surface area (Å²) in [5.41, 5.74) is -1.11. The van der Waals surface area contributed by atoms with Gasteiger partial charge in [-0.1, -0.05) is 13.0 Å². The van der Waals surface area contributed by atoms with Crippen LogP contribution in [-0.2, 0) is 6.54 Å². The molecule has 0 saturated carbocycles. The highest BCUT2D eigenvalue weighted by atomic mass is 19.1. The molecule has 0 aliphatic carbocycles. The fourth-order valence-corrected chi connectivity index (χ4v) is 3.31. The maximum absolute atomic E-state index is 14.0. The number of carboxylic acid groups (broad SMARTS) is 1. The molecule has 8 nitrogen and oxygen atoms in total. The van der Waals surface area contributed by atoms with Crippen LogP contribution in [0, 0.1) is 17.6 Å². The normalized spacial score (nSPS) is 13.1. The molecular formula is C22H23F2N3O5. The van der Waals surface area contributed by atoms with Crippen LogP contribution in [0.1, 0.15) is 35.8 Å². The number of methoxy groups -OCH3 is 1. The topological polar surface area (TPSA) is 114 Å². The van der Waals surface area contributed by atoms with Gasteiger partial charge in [-0.05, 0) is 31.0 Å². The van der Waals surface area contributed by atoms with Crippen molar-refractivity contribution in [2.24, 2.45) is 5.92 Å². The van der Waals surface area contributed by atoms with Crippen molar-refractivity contribution in [3.05, 3.63) is 63.4 Å². The first kappa shape index (κ1) is 23.1. The van der Waals surface area contributed by atoms with Crippen LogP contribution in [0.3, 0.4) is 0 Å². The van der Waals surface area contributed by atoms with Gasteiger partial charge in [-0.3, -0.25) is 4.79 Å². The molecule has 170 valence electrons. The number of hydrogen-bond donors (Lipinski definition) is 3. The van der Waals surface area contributed by atoms with Crippen LogP contribution < -0.4 is 15.5 Å². The molecule has 1 aromatic carbocycles. The first-order valence-corrected chi connectivity index (χ1v) is 9.84. The Morgan fingerprint density at radius 2 is 1.94 bits per heavy atom. The molecule has 0 aliphatic rings. The van der Waals surface area contributed by atoms with Crippen LogP contribution >= 0.6 is 0 Å². The molecule has 32 heavy (non-hydrogen) atoms. The standard InChI is InChI=1S/C22H23F2N3O5/c1-11(10-28)12(2)27-9-15(22(30)31)19(29)13-7-18(21(32-3)26-20(13)27)25-8-14-16(23)5-4-6-17(14)24/h4-7,9,11-12,25,28H,8,10H2,1-3H3,(H,30,31). The summed E-state index contributed by atoms with van der Waals surface area (Å²) in [5.74, 6) is -3.11. The lowest BCUT2D eigenvalue weighted by Gasteiger charge is -2.24. The second-order valence-electron chi connectivity index (χ2n) is 7.45. The van der Waals surface area contributed by atoms with Crippen molar-refractivity contribution >= 4 is 22.7 Å². The smallest absolute Gasteiger partial charge is 0.341 e. The average Bonchev–Trinajstić information content (AvgIpc) is 2.77. The van der Waals surface area contributed by atoms with E-state index in [0.29, 0.717) is 0 Å². The Morgan fingerprint density at radius 3 is 2.50 bits per heavy atom. The molecule has 0 radical (unpaired) electrons. The highest BCUT2D eigenvalue weighted by Gasteiger charge is 2.23. The Bertz CT molecular complexity index is 1210. The summed E-state index contributed by atoms with van der Waals surface area (Å²) in [4.78, 5) is 28.9. The van der Waals surface area contributed by atoms with Crippen molar-refractivity contribution < 1.29 is 28.5 Å². The van der Waals surface area contributed by atoms with E-state index in [1.807, 2.05) is 0 Å². The molecule has 0 saturated heterocycles. The Morgan fingerprint density at radius 1 is 1.28 bits per heavy atom. The number of pyridine rings is 2. The summed E-state index contributed by atoms with van der Waals surface area (Å²) in [6, 6.07) is 4.44. The predicted molar refractivity (Wildman–Crippen MR) is 114 cm³/mol. The van der Waals surface area contributed by atoms with Crippen molar-refractivity contribution in [3.8, 4) is 5.88 Å². The van der Waals surface area contributed by atoms with Gasteiger partial charge in [0.05, 0.1) is 18.2 Å². The van der Waals surface area contributed by atoms with Crippen LogP contribution in [-0.4, -0.2) is 39.5 Å². The lowest BCUT2D eigenvalue weighted by atomic mass is 10.0. The Balaban J connectivity index is 2.18. The van der Waals surface area contributed by atoms with Gasteiger partial charge in [-0.2, -0.15) is 4.98 Å². The summed E-state index contributed by atoms with van der Waals surface area (Å²) in [7, 11) is 1.34. The zero-order valence-electron chi connectivity index (χ0n) is 17.7. The van der Waals surface area contributed by atoms with Crippen molar-refractivity contribution in [1.29, 1.82) is 0 Å². The minimum atomic E-state index is -1.41. The molecule has 2 aromatic heterocycles. The van der Waals surface area contributed by atoms with Gasteiger partial charge < -0.3 is 24.8 Å². The first-order valence-electron chi connectivity index (χ1n) is 9.84. The second-order valence-corrected chi connectivity index (χ2v) is 7.45. The van der Waals surface area contributed by atoms with E-state index in [-0.39, 0.29) is 47.2 Å². The molecular weight excluding hydrogens is 424 g/mol. The fourth-order valence-electron chi connectivity index (χ4n) is 3.31. The number of nitrogens with zero attached hydrogens (tertiary/aromatic N) is 2. The molecule has 2 unspecified atom stereocenters. The lowest BCUT2D eigenvalue weighted by molar-refractivity contribution is 0.0694. The zero-order chi connectivity index (χ0) is 23.6. The van der Waals surface area contributed by atoms with E-state index in [1.54, 1.807) is 13.8 Å². The van der Waals surface area contributed by atoms with Gasteiger partial charge in [-0.25, -0.2) is 13.6 Å². The molecule has 0 fully saturated rings. The molecule has 3 rings (SSSR count). The number of rotatable bonds is 8. The largest absolute Gasteiger partial charge is 0.479 e. The quantitative estimate of drug-likeness (QED) is 0.486. The second kappa shape index (κ2) is 9.31. The molecule has 10 heteroatoms. The van der Waals surface area contributed by atoms with E-state index in [1.165, 1.54) is 30.0 Å². The summed E-state index contributed by atoms with van der Waals surface area (Å²) < 4.78 is 34.8. The number of carboxylic acids is 1. The van der Waals surface area contributed by atoms with E-state index < -0.39 is 34.6 Å². The molecule has 0 aliphatic heterocycles. The van der Waals surface area contributed by atoms with Gasteiger partial charge in [0.1, 0.15) is 22.8 Å². The number of ether oxygens (including phenoxy) is 1. The van der Waals surface area contributed by atoms with Gasteiger partial charge in [0.2, 0.25) is 11.3 Å². The summed E-state index contributed by atoms with van der Waals surface area (Å²) >= 11 is 0. The number of fused-ring (bicyclic) bond motifs is 1. The monoisotopic (exact) mass is 447 g/mol. The van der Waals surface area contributed by atoms with Crippen molar-refractivity contribution in [3.63, 3.8) is 0 Å². The average molecular weight is 447 g/mol. The van der Waals surface area contributed by atoms with E-state index in [4.69, 9.17) is 4.74 Å². The third kappa shape index (κ3) is 4.26. The van der Waals surface area contributed by atoms with E-state index in [0.717, 1.165) is 12.1 Å². The maximum atomic E-state index is 14.0. The number of nitrogens with one attached hydrogen (secondary N) is 1. The van der Waals surface area contributed by atoms with Crippen molar-refractivity contribution in [2.45, 2.75) is 26.4 Å². The van der Waals surface area contributed by atoms with Crippen LogP contribution in [0.2, 0.25) is 0 Å². The van der Waals surface area contributed by atoms with E-state index >= 15 is 0 Å². The SMILES string of the molecule is COc1nc2c(cc1NCc1c(F)cccc1F)c(=O)c(C(=O)O)cn2C(C)C(C)CO. The number of aliphatic hydroxyl groups excluding tert-OH is 1.